The van der Waals surface area contributed by atoms with Gasteiger partial charge in [0.2, 0.25) is 0 Å². The Kier molecular flexibility index (Phi) is 8.42. The molecule has 4 rings (SSSR count). The molecule has 0 saturated heterocycles. The summed E-state index contributed by atoms with van der Waals surface area (Å²) in [5.41, 5.74) is 5.59. The van der Waals surface area contributed by atoms with Crippen LogP contribution >= 0.6 is 0 Å². The summed E-state index contributed by atoms with van der Waals surface area (Å²) in [6.07, 6.45) is 0. The topological polar surface area (TPSA) is 63.9 Å². The molecule has 0 fully saturated rings. The van der Waals surface area contributed by atoms with Crippen molar-refractivity contribution in [1.29, 1.82) is 0 Å². The molecule has 0 atom stereocenters. The van der Waals surface area contributed by atoms with Crippen LogP contribution in [0.5, 0.6) is 11.5 Å². The molecule has 0 aliphatic carbocycles. The zero-order valence-electron chi connectivity index (χ0n) is 20.8. The van der Waals surface area contributed by atoms with Crippen LogP contribution in [0.3, 0.4) is 0 Å². The number of benzene rings is 3. The van der Waals surface area contributed by atoms with E-state index < -0.39 is 5.97 Å². The van der Waals surface area contributed by atoms with E-state index in [-0.39, 0.29) is 6.54 Å². The summed E-state index contributed by atoms with van der Waals surface area (Å²) in [5, 5.41) is 9.33. The molecule has 0 spiro atoms. The first-order chi connectivity index (χ1) is 17.5. The van der Waals surface area contributed by atoms with Gasteiger partial charge in [0.1, 0.15) is 18.1 Å². The number of aliphatic carboxylic acids is 1. The summed E-state index contributed by atoms with van der Waals surface area (Å²) in [6.45, 7) is 4.48. The summed E-state index contributed by atoms with van der Waals surface area (Å²) < 4.78 is 13.6. The molecule has 0 amide bonds. The van der Waals surface area contributed by atoms with Crippen molar-refractivity contribution in [3.05, 3.63) is 108 Å². The number of ether oxygens (including phenoxy) is 2. The van der Waals surface area contributed by atoms with Crippen molar-refractivity contribution in [3.63, 3.8) is 0 Å². The molecule has 6 heteroatoms. The van der Waals surface area contributed by atoms with Gasteiger partial charge >= 0.3 is 5.97 Å². The molecular weight excluding hydrogens is 452 g/mol. The van der Waals surface area contributed by atoms with E-state index in [0.717, 1.165) is 40.4 Å². The maximum absolute atomic E-state index is 11.4. The molecular formula is C30H32N2O4. The van der Waals surface area contributed by atoms with E-state index in [1.807, 2.05) is 71.6 Å². The second-order valence-electron chi connectivity index (χ2n) is 8.76. The SMILES string of the molecule is COc1ccc(-c2ccc(C)n2CCOc2ccc(CN(CC(=O)O)Cc3ccccc3)cc2)cc1. The molecule has 1 N–H and O–H groups in total. The number of nitrogens with zero attached hydrogens (tertiary/aromatic N) is 2. The Morgan fingerprint density at radius 1 is 0.833 bits per heavy atom. The highest BCUT2D eigenvalue weighted by Gasteiger charge is 2.12. The number of hydrogen-bond donors (Lipinski definition) is 1. The second-order valence-corrected chi connectivity index (χ2v) is 8.76. The Hall–Kier alpha value is -4.03. The van der Waals surface area contributed by atoms with E-state index >= 15 is 0 Å². The van der Waals surface area contributed by atoms with Gasteiger partial charge in [0.25, 0.3) is 0 Å². The van der Waals surface area contributed by atoms with Crippen molar-refractivity contribution in [2.75, 3.05) is 20.3 Å². The van der Waals surface area contributed by atoms with Gasteiger partial charge in [-0.3, -0.25) is 9.69 Å². The Labute approximate surface area is 212 Å². The number of aryl methyl sites for hydroxylation is 1. The highest BCUT2D eigenvalue weighted by atomic mass is 16.5. The Bertz CT molecular complexity index is 1250. The van der Waals surface area contributed by atoms with E-state index in [2.05, 4.69) is 35.8 Å². The third kappa shape index (κ3) is 6.77. The van der Waals surface area contributed by atoms with Crippen molar-refractivity contribution >= 4 is 5.97 Å². The molecule has 3 aromatic carbocycles. The highest BCUT2D eigenvalue weighted by Crippen LogP contribution is 2.25. The molecule has 0 unspecified atom stereocenters. The summed E-state index contributed by atoms with van der Waals surface area (Å²) in [6, 6.07) is 30.1. The van der Waals surface area contributed by atoms with Crippen molar-refractivity contribution in [2.24, 2.45) is 0 Å². The van der Waals surface area contributed by atoms with Gasteiger partial charge in [-0.1, -0.05) is 42.5 Å². The Balaban J connectivity index is 1.34. The predicted molar refractivity (Wildman–Crippen MR) is 141 cm³/mol. The fourth-order valence-corrected chi connectivity index (χ4v) is 4.28. The largest absolute Gasteiger partial charge is 0.497 e. The lowest BCUT2D eigenvalue weighted by Gasteiger charge is -2.20. The average Bonchev–Trinajstić information content (AvgIpc) is 3.25. The maximum Gasteiger partial charge on any atom is 0.317 e. The number of rotatable bonds is 12. The number of carboxylic acid groups (broad SMARTS) is 1. The van der Waals surface area contributed by atoms with Gasteiger partial charge in [-0.25, -0.2) is 0 Å². The number of hydrogen-bond acceptors (Lipinski definition) is 4. The van der Waals surface area contributed by atoms with E-state index in [0.29, 0.717) is 19.7 Å². The predicted octanol–water partition coefficient (Wildman–Crippen LogP) is 5.64. The zero-order valence-corrected chi connectivity index (χ0v) is 20.8. The molecule has 0 bridgehead atoms. The molecule has 1 aromatic heterocycles. The third-order valence-corrected chi connectivity index (χ3v) is 6.11. The van der Waals surface area contributed by atoms with Crippen LogP contribution in [-0.2, 0) is 24.4 Å². The standard InChI is InChI=1S/C30H32N2O4/c1-23-8-17-29(26-11-15-27(35-2)16-12-26)32(23)18-19-36-28-13-9-25(10-14-28)21-31(22-30(33)34)20-24-6-4-3-5-7-24/h3-17H,18-22H2,1-2H3,(H,33,34). The average molecular weight is 485 g/mol. The van der Waals surface area contributed by atoms with Gasteiger partial charge in [0, 0.05) is 24.5 Å². The first-order valence-electron chi connectivity index (χ1n) is 12.0. The van der Waals surface area contributed by atoms with Gasteiger partial charge < -0.3 is 19.1 Å². The third-order valence-electron chi connectivity index (χ3n) is 6.11. The smallest absolute Gasteiger partial charge is 0.317 e. The summed E-state index contributed by atoms with van der Waals surface area (Å²) >= 11 is 0. The van der Waals surface area contributed by atoms with Crippen LogP contribution in [-0.4, -0.2) is 40.8 Å². The quantitative estimate of drug-likeness (QED) is 0.282. The highest BCUT2D eigenvalue weighted by molar-refractivity contribution is 5.69. The van der Waals surface area contributed by atoms with Gasteiger partial charge in [-0.05, 0) is 72.1 Å². The fourth-order valence-electron chi connectivity index (χ4n) is 4.28. The minimum atomic E-state index is -0.833. The van der Waals surface area contributed by atoms with Crippen LogP contribution in [0.4, 0.5) is 0 Å². The lowest BCUT2D eigenvalue weighted by Crippen LogP contribution is -2.28. The maximum atomic E-state index is 11.4. The lowest BCUT2D eigenvalue weighted by atomic mass is 10.1. The molecule has 0 aliphatic rings. The van der Waals surface area contributed by atoms with E-state index in [4.69, 9.17) is 9.47 Å². The molecule has 4 aromatic rings. The lowest BCUT2D eigenvalue weighted by molar-refractivity contribution is -0.138. The molecule has 1 heterocycles. The zero-order chi connectivity index (χ0) is 25.3. The summed E-state index contributed by atoms with van der Waals surface area (Å²) in [5.74, 6) is 0.800. The minimum Gasteiger partial charge on any atom is -0.497 e. The van der Waals surface area contributed by atoms with Crippen molar-refractivity contribution in [3.8, 4) is 22.8 Å². The number of aromatic nitrogens is 1. The molecule has 0 radical (unpaired) electrons. The van der Waals surface area contributed by atoms with Crippen LogP contribution < -0.4 is 9.47 Å². The number of methoxy groups -OCH3 is 1. The molecule has 36 heavy (non-hydrogen) atoms. The van der Waals surface area contributed by atoms with Gasteiger partial charge in [0.05, 0.1) is 20.2 Å². The Morgan fingerprint density at radius 3 is 2.11 bits per heavy atom. The summed E-state index contributed by atoms with van der Waals surface area (Å²) in [7, 11) is 1.67. The van der Waals surface area contributed by atoms with Crippen LogP contribution in [0.25, 0.3) is 11.3 Å². The van der Waals surface area contributed by atoms with E-state index in [1.54, 1.807) is 7.11 Å². The normalized spacial score (nSPS) is 11.0. The number of carboxylic acids is 1. The monoisotopic (exact) mass is 484 g/mol. The first kappa shape index (κ1) is 25.1. The minimum absolute atomic E-state index is 0.0140. The Morgan fingerprint density at radius 2 is 1.47 bits per heavy atom. The van der Waals surface area contributed by atoms with Crippen LogP contribution in [0.1, 0.15) is 16.8 Å². The molecule has 0 saturated carbocycles. The first-order valence-corrected chi connectivity index (χ1v) is 12.0. The van der Waals surface area contributed by atoms with Crippen molar-refractivity contribution in [1.82, 2.24) is 9.47 Å². The van der Waals surface area contributed by atoms with Crippen LogP contribution in [0, 0.1) is 6.92 Å². The second kappa shape index (κ2) is 12.1. The van der Waals surface area contributed by atoms with Gasteiger partial charge in [-0.2, -0.15) is 0 Å². The van der Waals surface area contributed by atoms with Gasteiger partial charge in [-0.15, -0.1) is 0 Å². The van der Waals surface area contributed by atoms with Crippen molar-refractivity contribution < 1.29 is 19.4 Å². The molecule has 0 aliphatic heterocycles. The van der Waals surface area contributed by atoms with E-state index in [1.165, 1.54) is 5.69 Å². The van der Waals surface area contributed by atoms with Gasteiger partial charge in [0.15, 0.2) is 0 Å². The van der Waals surface area contributed by atoms with Crippen LogP contribution in [0.2, 0.25) is 0 Å². The summed E-state index contributed by atoms with van der Waals surface area (Å²) in [4.78, 5) is 13.3. The number of carbonyl (C=O) groups is 1. The van der Waals surface area contributed by atoms with Crippen molar-refractivity contribution in [2.45, 2.75) is 26.6 Å². The van der Waals surface area contributed by atoms with E-state index in [9.17, 15) is 9.90 Å². The molecule has 186 valence electrons. The molecule has 6 nitrogen and oxygen atoms in total. The fraction of sp³-hybridized carbons (Fsp3) is 0.233. The van der Waals surface area contributed by atoms with Crippen LogP contribution in [0.15, 0.2) is 91.0 Å².